The van der Waals surface area contributed by atoms with Crippen molar-refractivity contribution in [2.75, 3.05) is 25.0 Å². The number of nitrogens with zero attached hydrogens (tertiary/aromatic N) is 1. The van der Waals surface area contributed by atoms with E-state index in [0.717, 1.165) is 22.9 Å². The van der Waals surface area contributed by atoms with Gasteiger partial charge in [0.15, 0.2) is 17.5 Å². The first-order valence-electron chi connectivity index (χ1n) is 10.3. The van der Waals surface area contributed by atoms with Gasteiger partial charge in [-0.15, -0.1) is 11.3 Å². The van der Waals surface area contributed by atoms with Crippen molar-refractivity contribution < 1.29 is 22.8 Å². The zero-order chi connectivity index (χ0) is 23.8. The number of amides is 2. The minimum atomic E-state index is -1.67. The van der Waals surface area contributed by atoms with Crippen LogP contribution in [-0.4, -0.2) is 36.3 Å². The summed E-state index contributed by atoms with van der Waals surface area (Å²) < 4.78 is 40.0. The van der Waals surface area contributed by atoms with Gasteiger partial charge in [0, 0.05) is 22.8 Å². The summed E-state index contributed by atoms with van der Waals surface area (Å²) in [6.45, 7) is 2.88. The van der Waals surface area contributed by atoms with Gasteiger partial charge in [-0.2, -0.15) is 0 Å². The van der Waals surface area contributed by atoms with Crippen LogP contribution >= 0.6 is 11.3 Å². The van der Waals surface area contributed by atoms with Gasteiger partial charge >= 0.3 is 0 Å². The lowest BCUT2D eigenvalue weighted by atomic mass is 10.1. The highest BCUT2D eigenvalue weighted by Gasteiger charge is 2.17. The first kappa shape index (κ1) is 24.5. The molecule has 0 aliphatic heterocycles. The van der Waals surface area contributed by atoms with E-state index in [4.69, 9.17) is 0 Å². The minimum absolute atomic E-state index is 0.0661. The number of carbonyl (C=O) groups is 2. The van der Waals surface area contributed by atoms with Crippen molar-refractivity contribution in [1.29, 1.82) is 0 Å². The summed E-state index contributed by atoms with van der Waals surface area (Å²) >= 11 is 1.66. The Morgan fingerprint density at radius 1 is 0.939 bits per heavy atom. The lowest BCUT2D eigenvalue weighted by Gasteiger charge is -2.21. The molecule has 0 aliphatic carbocycles. The summed E-state index contributed by atoms with van der Waals surface area (Å²) in [6, 6.07) is 15.6. The Kier molecular flexibility index (Phi) is 8.62. The number of anilines is 1. The van der Waals surface area contributed by atoms with Crippen LogP contribution in [0.3, 0.4) is 0 Å². The van der Waals surface area contributed by atoms with Crippen LogP contribution in [0.25, 0.3) is 0 Å². The molecule has 2 amide bonds. The van der Waals surface area contributed by atoms with E-state index in [9.17, 15) is 22.8 Å². The predicted molar refractivity (Wildman–Crippen MR) is 122 cm³/mol. The van der Waals surface area contributed by atoms with E-state index in [1.807, 2.05) is 54.3 Å². The molecule has 0 atom stereocenters. The second-order valence-electron chi connectivity index (χ2n) is 7.51. The Morgan fingerprint density at radius 3 is 2.39 bits per heavy atom. The van der Waals surface area contributed by atoms with E-state index in [-0.39, 0.29) is 12.5 Å². The molecule has 2 aromatic carbocycles. The van der Waals surface area contributed by atoms with Gasteiger partial charge in [-0.25, -0.2) is 13.2 Å². The van der Waals surface area contributed by atoms with E-state index >= 15 is 0 Å². The van der Waals surface area contributed by atoms with Crippen LogP contribution in [0.4, 0.5) is 18.9 Å². The maximum absolute atomic E-state index is 13.7. The van der Waals surface area contributed by atoms with Crippen LogP contribution in [0.1, 0.15) is 15.3 Å². The van der Waals surface area contributed by atoms with Gasteiger partial charge < -0.3 is 10.6 Å². The Morgan fingerprint density at radius 2 is 1.70 bits per heavy atom. The van der Waals surface area contributed by atoms with Crippen LogP contribution in [0.15, 0.2) is 54.6 Å². The molecule has 0 aliphatic rings. The fourth-order valence-electron chi connectivity index (χ4n) is 3.19. The van der Waals surface area contributed by atoms with E-state index in [0.29, 0.717) is 19.2 Å². The fraction of sp³-hybridized carbons (Fsp3) is 0.250. The zero-order valence-electron chi connectivity index (χ0n) is 18.0. The summed E-state index contributed by atoms with van der Waals surface area (Å²) in [6.07, 6.45) is 0.758. The van der Waals surface area contributed by atoms with Crippen LogP contribution in [-0.2, 0) is 22.6 Å². The van der Waals surface area contributed by atoms with Crippen LogP contribution in [0.5, 0.6) is 0 Å². The molecule has 0 radical (unpaired) electrons. The number of rotatable bonds is 10. The quantitative estimate of drug-likeness (QED) is 0.431. The molecule has 1 heterocycles. The van der Waals surface area contributed by atoms with Crippen LogP contribution in [0, 0.1) is 24.4 Å². The first-order chi connectivity index (χ1) is 15.8. The highest BCUT2D eigenvalue weighted by atomic mass is 32.1. The molecule has 0 spiro atoms. The Bertz CT molecular complexity index is 1110. The number of benzene rings is 2. The zero-order valence-corrected chi connectivity index (χ0v) is 18.9. The third-order valence-electron chi connectivity index (χ3n) is 4.86. The number of nitrogens with one attached hydrogen (secondary N) is 2. The summed E-state index contributed by atoms with van der Waals surface area (Å²) in [4.78, 5) is 28.8. The number of hydrogen-bond donors (Lipinski definition) is 2. The predicted octanol–water partition coefficient (Wildman–Crippen LogP) is 4.27. The largest absolute Gasteiger partial charge is 0.346 e. The van der Waals surface area contributed by atoms with Crippen LogP contribution < -0.4 is 10.6 Å². The number of aryl methyl sites for hydroxylation is 1. The molecule has 9 heteroatoms. The maximum Gasteiger partial charge on any atom is 0.243 e. The molecule has 0 fully saturated rings. The van der Waals surface area contributed by atoms with E-state index in [1.165, 1.54) is 4.88 Å². The van der Waals surface area contributed by atoms with Crippen molar-refractivity contribution in [3.05, 3.63) is 87.4 Å². The molecule has 2 N–H and O–H groups in total. The van der Waals surface area contributed by atoms with Crippen molar-refractivity contribution >= 4 is 28.8 Å². The Labute approximate surface area is 194 Å². The highest BCUT2D eigenvalue weighted by Crippen LogP contribution is 2.19. The number of halogens is 3. The average Bonchev–Trinajstić information content (AvgIpc) is 3.21. The third kappa shape index (κ3) is 7.44. The Hall–Kier alpha value is -3.17. The number of hydrogen-bond acceptors (Lipinski definition) is 4. The average molecular weight is 476 g/mol. The van der Waals surface area contributed by atoms with E-state index in [1.54, 1.807) is 11.3 Å². The number of thiophene rings is 1. The molecule has 1 aromatic heterocycles. The highest BCUT2D eigenvalue weighted by molar-refractivity contribution is 7.11. The molecular formula is C24H24F3N3O2S. The second-order valence-corrected chi connectivity index (χ2v) is 8.88. The monoisotopic (exact) mass is 475 g/mol. The van der Waals surface area contributed by atoms with Gasteiger partial charge in [0.2, 0.25) is 11.8 Å². The summed E-state index contributed by atoms with van der Waals surface area (Å²) in [7, 11) is 0. The lowest BCUT2D eigenvalue weighted by molar-refractivity contribution is -0.125. The lowest BCUT2D eigenvalue weighted by Crippen LogP contribution is -2.40. The van der Waals surface area contributed by atoms with Crippen molar-refractivity contribution in [1.82, 2.24) is 10.2 Å². The summed E-state index contributed by atoms with van der Waals surface area (Å²) in [5.74, 6) is -5.65. The van der Waals surface area contributed by atoms with Gasteiger partial charge in [0.1, 0.15) is 0 Å². The summed E-state index contributed by atoms with van der Waals surface area (Å²) in [5, 5.41) is 4.62. The topological polar surface area (TPSA) is 61.4 Å². The minimum Gasteiger partial charge on any atom is -0.346 e. The molecule has 0 saturated carbocycles. The van der Waals surface area contributed by atoms with Crippen molar-refractivity contribution in [3.8, 4) is 0 Å². The molecule has 0 saturated heterocycles. The molecule has 5 nitrogen and oxygen atoms in total. The van der Waals surface area contributed by atoms with E-state index < -0.39 is 35.6 Å². The van der Waals surface area contributed by atoms with Crippen molar-refractivity contribution in [2.24, 2.45) is 0 Å². The number of carbonyl (C=O) groups excluding carboxylic acids is 2. The molecule has 0 unspecified atom stereocenters. The molecule has 0 bridgehead atoms. The van der Waals surface area contributed by atoms with Gasteiger partial charge in [-0.3, -0.25) is 14.5 Å². The second kappa shape index (κ2) is 11.6. The maximum atomic E-state index is 13.7. The standard InChI is InChI=1S/C24H24F3N3O2S/c1-16-7-8-18(33-16)14-30(12-11-17-5-3-2-4-6-17)15-22(32)28-13-21(31)29-20-10-9-19(25)23(26)24(20)27/h2-10H,11-15H2,1H3,(H,28,32)(H,29,31). The summed E-state index contributed by atoms with van der Waals surface area (Å²) in [5.41, 5.74) is 0.656. The molecule has 3 aromatic rings. The SMILES string of the molecule is Cc1ccc(CN(CCc2ccccc2)CC(=O)NCC(=O)Nc2ccc(F)c(F)c2F)s1. The molecule has 174 valence electrons. The smallest absolute Gasteiger partial charge is 0.243 e. The van der Waals surface area contributed by atoms with Gasteiger partial charge in [-0.05, 0) is 43.2 Å². The normalized spacial score (nSPS) is 10.9. The van der Waals surface area contributed by atoms with Gasteiger partial charge in [0.25, 0.3) is 0 Å². The van der Waals surface area contributed by atoms with Crippen molar-refractivity contribution in [2.45, 2.75) is 19.9 Å². The van der Waals surface area contributed by atoms with E-state index in [2.05, 4.69) is 10.6 Å². The fourth-order valence-corrected chi connectivity index (χ4v) is 4.12. The molecule has 3 rings (SSSR count). The molecular weight excluding hydrogens is 451 g/mol. The van der Waals surface area contributed by atoms with Crippen molar-refractivity contribution in [3.63, 3.8) is 0 Å². The third-order valence-corrected chi connectivity index (χ3v) is 5.84. The van der Waals surface area contributed by atoms with Crippen LogP contribution in [0.2, 0.25) is 0 Å². The van der Waals surface area contributed by atoms with Gasteiger partial charge in [-0.1, -0.05) is 30.3 Å². The van der Waals surface area contributed by atoms with Gasteiger partial charge in [0.05, 0.1) is 18.8 Å². The first-order valence-corrected chi connectivity index (χ1v) is 11.1. The molecule has 33 heavy (non-hydrogen) atoms. The Balaban J connectivity index is 1.54.